The number of rotatable bonds is 2. The minimum atomic E-state index is -0.0758. The fourth-order valence-corrected chi connectivity index (χ4v) is 1.23. The lowest BCUT2D eigenvalue weighted by molar-refractivity contribution is 0.0139. The van der Waals surface area contributed by atoms with Crippen molar-refractivity contribution in [3.8, 4) is 0 Å². The molecule has 0 aliphatic carbocycles. The van der Waals surface area contributed by atoms with Crippen LogP contribution in [-0.4, -0.2) is 43.0 Å². The summed E-state index contributed by atoms with van der Waals surface area (Å²) in [5.41, 5.74) is 0. The Morgan fingerprint density at radius 2 is 2.10 bits per heavy atom. The monoisotopic (exact) mass is 145 g/mol. The summed E-state index contributed by atoms with van der Waals surface area (Å²) >= 11 is 0. The highest BCUT2D eigenvalue weighted by atomic mass is 16.5. The Hall–Kier alpha value is -0.120. The first-order valence-electron chi connectivity index (χ1n) is 3.72. The van der Waals surface area contributed by atoms with E-state index < -0.39 is 0 Å². The molecule has 1 saturated heterocycles. The van der Waals surface area contributed by atoms with E-state index in [1.54, 1.807) is 7.11 Å². The second-order valence-corrected chi connectivity index (χ2v) is 2.77. The van der Waals surface area contributed by atoms with Crippen molar-refractivity contribution in [1.82, 2.24) is 4.90 Å². The lowest BCUT2D eigenvalue weighted by Gasteiger charge is -2.28. The summed E-state index contributed by atoms with van der Waals surface area (Å²) in [5.74, 6) is 0. The Morgan fingerprint density at radius 1 is 1.50 bits per heavy atom. The maximum atomic E-state index is 9.13. The van der Waals surface area contributed by atoms with Crippen molar-refractivity contribution >= 4 is 0 Å². The van der Waals surface area contributed by atoms with Gasteiger partial charge in [0.05, 0.1) is 12.8 Å². The molecule has 10 heavy (non-hydrogen) atoms. The molecule has 60 valence electrons. The minimum Gasteiger partial charge on any atom is -0.393 e. The van der Waals surface area contributed by atoms with Crippen LogP contribution in [0.1, 0.15) is 12.8 Å². The molecule has 0 saturated carbocycles. The molecule has 1 rings (SSSR count). The Bertz CT molecular complexity index is 89.6. The van der Waals surface area contributed by atoms with Crippen molar-refractivity contribution in [2.45, 2.75) is 18.9 Å². The van der Waals surface area contributed by atoms with Gasteiger partial charge in [0, 0.05) is 20.2 Å². The average molecular weight is 145 g/mol. The van der Waals surface area contributed by atoms with Crippen LogP contribution >= 0.6 is 0 Å². The van der Waals surface area contributed by atoms with E-state index in [0.717, 1.165) is 25.9 Å². The zero-order valence-corrected chi connectivity index (χ0v) is 6.42. The molecule has 0 aromatic carbocycles. The van der Waals surface area contributed by atoms with Gasteiger partial charge in [-0.1, -0.05) is 0 Å². The zero-order chi connectivity index (χ0) is 7.40. The van der Waals surface area contributed by atoms with Crippen LogP contribution in [0, 0.1) is 0 Å². The molecule has 0 atom stereocenters. The van der Waals surface area contributed by atoms with Gasteiger partial charge in [0.1, 0.15) is 0 Å². The molecule has 0 amide bonds. The predicted octanol–water partition coefficient (Wildman–Crippen LogP) is 0.0470. The Labute approximate surface area is 61.6 Å². The molecule has 3 nitrogen and oxygen atoms in total. The van der Waals surface area contributed by atoms with Gasteiger partial charge in [-0.25, -0.2) is 0 Å². The van der Waals surface area contributed by atoms with E-state index in [2.05, 4.69) is 4.90 Å². The fraction of sp³-hybridized carbons (Fsp3) is 1.00. The van der Waals surface area contributed by atoms with Crippen LogP contribution < -0.4 is 0 Å². The molecule has 1 aliphatic heterocycles. The Kier molecular flexibility index (Phi) is 3.12. The molecule has 3 heteroatoms. The van der Waals surface area contributed by atoms with Crippen molar-refractivity contribution in [2.75, 3.05) is 26.9 Å². The summed E-state index contributed by atoms with van der Waals surface area (Å²) < 4.78 is 4.96. The number of hydrogen-bond acceptors (Lipinski definition) is 3. The first kappa shape index (κ1) is 7.98. The second kappa shape index (κ2) is 3.91. The van der Waals surface area contributed by atoms with Gasteiger partial charge in [-0.3, -0.25) is 4.90 Å². The second-order valence-electron chi connectivity index (χ2n) is 2.77. The fourth-order valence-electron chi connectivity index (χ4n) is 1.23. The third-order valence-electron chi connectivity index (χ3n) is 1.87. The molecule has 0 bridgehead atoms. The number of ether oxygens (including phenoxy) is 1. The van der Waals surface area contributed by atoms with Crippen LogP contribution in [0.25, 0.3) is 0 Å². The largest absolute Gasteiger partial charge is 0.393 e. The minimum absolute atomic E-state index is 0.0758. The molecular formula is C7H15NO2. The van der Waals surface area contributed by atoms with Gasteiger partial charge in [-0.15, -0.1) is 0 Å². The summed E-state index contributed by atoms with van der Waals surface area (Å²) in [7, 11) is 1.70. The number of likely N-dealkylation sites (tertiary alicyclic amines) is 1. The van der Waals surface area contributed by atoms with E-state index in [1.807, 2.05) is 0 Å². The Morgan fingerprint density at radius 3 is 2.60 bits per heavy atom. The lowest BCUT2D eigenvalue weighted by atomic mass is 10.1. The van der Waals surface area contributed by atoms with Crippen molar-refractivity contribution in [3.63, 3.8) is 0 Å². The van der Waals surface area contributed by atoms with E-state index >= 15 is 0 Å². The molecule has 1 N–H and O–H groups in total. The molecular weight excluding hydrogens is 130 g/mol. The van der Waals surface area contributed by atoms with Crippen LogP contribution in [0.15, 0.2) is 0 Å². The number of piperidine rings is 1. The topological polar surface area (TPSA) is 32.7 Å². The summed E-state index contributed by atoms with van der Waals surface area (Å²) in [5, 5.41) is 9.13. The van der Waals surface area contributed by atoms with E-state index in [0.29, 0.717) is 6.73 Å². The maximum absolute atomic E-state index is 9.13. The molecule has 0 spiro atoms. The highest BCUT2D eigenvalue weighted by Gasteiger charge is 2.15. The summed E-state index contributed by atoms with van der Waals surface area (Å²) in [6, 6.07) is 0. The smallest absolute Gasteiger partial charge is 0.0986 e. The van der Waals surface area contributed by atoms with Crippen molar-refractivity contribution in [3.05, 3.63) is 0 Å². The number of methoxy groups -OCH3 is 1. The standard InChI is InChI=1S/C7H15NO2/c1-10-6-8-4-2-7(9)3-5-8/h7,9H,2-6H2,1H3. The molecule has 1 fully saturated rings. The van der Waals surface area contributed by atoms with Crippen LogP contribution in [0.5, 0.6) is 0 Å². The zero-order valence-electron chi connectivity index (χ0n) is 6.42. The third kappa shape index (κ3) is 2.25. The van der Waals surface area contributed by atoms with Crippen LogP contribution in [0.4, 0.5) is 0 Å². The van der Waals surface area contributed by atoms with Crippen molar-refractivity contribution in [2.24, 2.45) is 0 Å². The van der Waals surface area contributed by atoms with Gasteiger partial charge < -0.3 is 9.84 Å². The molecule has 0 unspecified atom stereocenters. The van der Waals surface area contributed by atoms with E-state index in [9.17, 15) is 0 Å². The molecule has 0 aromatic heterocycles. The number of aliphatic hydroxyl groups is 1. The molecule has 0 aromatic rings. The lowest BCUT2D eigenvalue weighted by Crippen LogP contribution is -2.36. The average Bonchev–Trinajstić information content (AvgIpc) is 1.95. The highest BCUT2D eigenvalue weighted by Crippen LogP contribution is 2.08. The summed E-state index contributed by atoms with van der Waals surface area (Å²) in [6.45, 7) is 2.64. The van der Waals surface area contributed by atoms with Crippen LogP contribution in [-0.2, 0) is 4.74 Å². The normalized spacial score (nSPS) is 23.4. The number of nitrogens with zero attached hydrogens (tertiary/aromatic N) is 1. The van der Waals surface area contributed by atoms with E-state index in [-0.39, 0.29) is 6.10 Å². The van der Waals surface area contributed by atoms with E-state index in [4.69, 9.17) is 9.84 Å². The maximum Gasteiger partial charge on any atom is 0.0986 e. The summed E-state index contributed by atoms with van der Waals surface area (Å²) in [6.07, 6.45) is 1.71. The highest BCUT2D eigenvalue weighted by molar-refractivity contribution is 4.68. The SMILES string of the molecule is COCN1CCC(O)CC1. The van der Waals surface area contributed by atoms with Gasteiger partial charge in [0.15, 0.2) is 0 Å². The Balaban J connectivity index is 2.13. The quantitative estimate of drug-likeness (QED) is 0.596. The molecule has 1 heterocycles. The van der Waals surface area contributed by atoms with Gasteiger partial charge >= 0.3 is 0 Å². The number of hydrogen-bond donors (Lipinski definition) is 1. The van der Waals surface area contributed by atoms with Crippen LogP contribution in [0.2, 0.25) is 0 Å². The third-order valence-corrected chi connectivity index (χ3v) is 1.87. The first-order valence-corrected chi connectivity index (χ1v) is 3.72. The van der Waals surface area contributed by atoms with Gasteiger partial charge in [-0.05, 0) is 12.8 Å². The molecule has 1 aliphatic rings. The number of aliphatic hydroxyl groups excluding tert-OH is 1. The van der Waals surface area contributed by atoms with Crippen LogP contribution in [0.3, 0.4) is 0 Å². The van der Waals surface area contributed by atoms with Gasteiger partial charge in [0.2, 0.25) is 0 Å². The van der Waals surface area contributed by atoms with Gasteiger partial charge in [0.25, 0.3) is 0 Å². The van der Waals surface area contributed by atoms with Crippen molar-refractivity contribution < 1.29 is 9.84 Å². The van der Waals surface area contributed by atoms with E-state index in [1.165, 1.54) is 0 Å². The molecule has 0 radical (unpaired) electrons. The first-order chi connectivity index (χ1) is 4.83. The van der Waals surface area contributed by atoms with Gasteiger partial charge in [-0.2, -0.15) is 0 Å². The summed E-state index contributed by atoms with van der Waals surface area (Å²) in [4.78, 5) is 2.20. The van der Waals surface area contributed by atoms with Crippen molar-refractivity contribution in [1.29, 1.82) is 0 Å². The predicted molar refractivity (Wildman–Crippen MR) is 38.7 cm³/mol.